The Morgan fingerprint density at radius 1 is 1.00 bits per heavy atom. The Labute approximate surface area is 159 Å². The van der Waals surface area contributed by atoms with Crippen LogP contribution in [-0.2, 0) is 4.79 Å². The third-order valence-electron chi connectivity index (χ3n) is 3.68. The summed E-state index contributed by atoms with van der Waals surface area (Å²) < 4.78 is 26.3. The van der Waals surface area contributed by atoms with E-state index >= 15 is 0 Å². The molecular formula is C18H18F2N4O4. The van der Waals surface area contributed by atoms with E-state index in [-0.39, 0.29) is 43.2 Å². The zero-order valence-electron chi connectivity index (χ0n) is 14.7. The van der Waals surface area contributed by atoms with Crippen LogP contribution < -0.4 is 16.0 Å². The van der Waals surface area contributed by atoms with Crippen LogP contribution in [0.1, 0.15) is 16.8 Å². The van der Waals surface area contributed by atoms with Crippen LogP contribution in [-0.4, -0.2) is 36.4 Å². The molecule has 0 unspecified atom stereocenters. The van der Waals surface area contributed by atoms with E-state index in [1.807, 2.05) is 0 Å². The lowest BCUT2D eigenvalue weighted by atomic mass is 10.2. The molecule has 0 saturated carbocycles. The number of amides is 2. The molecule has 28 heavy (non-hydrogen) atoms. The SMILES string of the molecule is O=C(CCNC(=O)c1ccc(F)cc1F)NCCNc1ccccc1[N+](=O)[O-]. The van der Waals surface area contributed by atoms with Crippen molar-refractivity contribution in [3.63, 3.8) is 0 Å². The van der Waals surface area contributed by atoms with Gasteiger partial charge in [0.25, 0.3) is 11.6 Å². The van der Waals surface area contributed by atoms with Crippen LogP contribution in [0.3, 0.4) is 0 Å². The number of rotatable bonds is 9. The zero-order chi connectivity index (χ0) is 20.5. The number of hydrogen-bond acceptors (Lipinski definition) is 5. The average Bonchev–Trinajstić information content (AvgIpc) is 2.65. The molecule has 10 heteroatoms. The summed E-state index contributed by atoms with van der Waals surface area (Å²) in [6, 6.07) is 8.73. The molecule has 0 saturated heterocycles. The van der Waals surface area contributed by atoms with Gasteiger partial charge in [0.05, 0.1) is 10.5 Å². The van der Waals surface area contributed by atoms with Crippen LogP contribution in [0.5, 0.6) is 0 Å². The molecule has 0 atom stereocenters. The van der Waals surface area contributed by atoms with Crippen molar-refractivity contribution in [3.8, 4) is 0 Å². The lowest BCUT2D eigenvalue weighted by molar-refractivity contribution is -0.384. The number of halogens is 2. The van der Waals surface area contributed by atoms with Crippen molar-refractivity contribution in [1.82, 2.24) is 10.6 Å². The number of nitrogens with zero attached hydrogens (tertiary/aromatic N) is 1. The summed E-state index contributed by atoms with van der Waals surface area (Å²) in [5, 5.41) is 18.7. The lowest BCUT2D eigenvalue weighted by Crippen LogP contribution is -2.33. The number of nitro benzene ring substituents is 1. The van der Waals surface area contributed by atoms with Gasteiger partial charge in [0.1, 0.15) is 17.3 Å². The van der Waals surface area contributed by atoms with Crippen LogP contribution >= 0.6 is 0 Å². The molecule has 0 aliphatic rings. The lowest BCUT2D eigenvalue weighted by Gasteiger charge is -2.09. The van der Waals surface area contributed by atoms with Crippen molar-refractivity contribution in [2.75, 3.05) is 25.0 Å². The first kappa shape index (κ1) is 20.7. The highest BCUT2D eigenvalue weighted by Gasteiger charge is 2.13. The number of nitro groups is 1. The molecule has 2 aromatic rings. The third-order valence-corrected chi connectivity index (χ3v) is 3.68. The van der Waals surface area contributed by atoms with E-state index in [0.717, 1.165) is 12.1 Å². The highest BCUT2D eigenvalue weighted by Crippen LogP contribution is 2.22. The fourth-order valence-electron chi connectivity index (χ4n) is 2.33. The van der Waals surface area contributed by atoms with Crippen molar-refractivity contribution in [1.29, 1.82) is 0 Å². The summed E-state index contributed by atoms with van der Waals surface area (Å²) in [6.07, 6.45) is -0.0416. The summed E-state index contributed by atoms with van der Waals surface area (Å²) in [4.78, 5) is 33.9. The standard InChI is InChI=1S/C18H18F2N4O4/c19-12-5-6-13(14(20)11-12)18(26)23-8-7-17(25)22-10-9-21-15-3-1-2-4-16(15)24(27)28/h1-6,11,21H,7-10H2,(H,22,25)(H,23,26). The Morgan fingerprint density at radius 3 is 2.46 bits per heavy atom. The summed E-state index contributed by atoms with van der Waals surface area (Å²) >= 11 is 0. The molecule has 0 aliphatic carbocycles. The maximum atomic E-state index is 13.5. The van der Waals surface area contributed by atoms with Gasteiger partial charge in [-0.3, -0.25) is 19.7 Å². The quantitative estimate of drug-likeness (QED) is 0.344. The number of carbonyl (C=O) groups excluding carboxylic acids is 2. The molecule has 0 spiro atoms. The Balaban J connectivity index is 1.68. The van der Waals surface area contributed by atoms with Gasteiger partial charge < -0.3 is 16.0 Å². The highest BCUT2D eigenvalue weighted by molar-refractivity contribution is 5.94. The van der Waals surface area contributed by atoms with Gasteiger partial charge in [-0.25, -0.2) is 8.78 Å². The van der Waals surface area contributed by atoms with Crippen molar-refractivity contribution in [3.05, 3.63) is 69.8 Å². The average molecular weight is 392 g/mol. The van der Waals surface area contributed by atoms with Crippen molar-refractivity contribution in [2.24, 2.45) is 0 Å². The summed E-state index contributed by atoms with van der Waals surface area (Å²) in [6.45, 7) is 0.453. The minimum absolute atomic E-state index is 0.0287. The van der Waals surface area contributed by atoms with Gasteiger partial charge in [0.2, 0.25) is 5.91 Å². The second kappa shape index (κ2) is 9.95. The van der Waals surface area contributed by atoms with Crippen molar-refractivity contribution in [2.45, 2.75) is 6.42 Å². The third kappa shape index (κ3) is 6.01. The van der Waals surface area contributed by atoms with Crippen LogP contribution in [0.4, 0.5) is 20.2 Å². The Hall–Kier alpha value is -3.56. The van der Waals surface area contributed by atoms with Crippen LogP contribution in [0.15, 0.2) is 42.5 Å². The Morgan fingerprint density at radius 2 is 1.75 bits per heavy atom. The Kier molecular flexibility index (Phi) is 7.37. The van der Waals surface area contributed by atoms with Crippen molar-refractivity contribution >= 4 is 23.2 Å². The summed E-state index contributed by atoms with van der Waals surface area (Å²) in [7, 11) is 0. The van der Waals surface area contributed by atoms with Crippen LogP contribution in [0.25, 0.3) is 0 Å². The predicted molar refractivity (Wildman–Crippen MR) is 97.9 cm³/mol. The maximum absolute atomic E-state index is 13.5. The van der Waals surface area contributed by atoms with Gasteiger partial charge >= 0.3 is 0 Å². The van der Waals surface area contributed by atoms with E-state index in [0.29, 0.717) is 11.8 Å². The van der Waals surface area contributed by atoms with Gasteiger partial charge in [-0.1, -0.05) is 12.1 Å². The molecule has 0 aromatic heterocycles. The molecule has 0 radical (unpaired) electrons. The van der Waals surface area contributed by atoms with E-state index in [1.165, 1.54) is 6.07 Å². The number of carbonyl (C=O) groups is 2. The van der Waals surface area contributed by atoms with E-state index < -0.39 is 22.5 Å². The number of anilines is 1. The van der Waals surface area contributed by atoms with E-state index in [2.05, 4.69) is 16.0 Å². The summed E-state index contributed by atoms with van der Waals surface area (Å²) in [5.41, 5.74) is -0.0321. The van der Waals surface area contributed by atoms with E-state index in [4.69, 9.17) is 0 Å². The molecule has 3 N–H and O–H groups in total. The van der Waals surface area contributed by atoms with Gasteiger partial charge in [0, 0.05) is 38.2 Å². The van der Waals surface area contributed by atoms with Crippen LogP contribution in [0.2, 0.25) is 0 Å². The largest absolute Gasteiger partial charge is 0.378 e. The molecule has 2 aromatic carbocycles. The number of nitrogens with one attached hydrogen (secondary N) is 3. The topological polar surface area (TPSA) is 113 Å². The van der Waals surface area contributed by atoms with Gasteiger partial charge in [-0.2, -0.15) is 0 Å². The molecular weight excluding hydrogens is 374 g/mol. The Bertz CT molecular complexity index is 876. The minimum Gasteiger partial charge on any atom is -0.378 e. The highest BCUT2D eigenvalue weighted by atomic mass is 19.1. The predicted octanol–water partition coefficient (Wildman–Crippen LogP) is 2.22. The zero-order valence-corrected chi connectivity index (χ0v) is 14.7. The number of para-hydroxylation sites is 2. The normalized spacial score (nSPS) is 10.2. The molecule has 8 nitrogen and oxygen atoms in total. The molecule has 0 bridgehead atoms. The fraction of sp³-hybridized carbons (Fsp3) is 0.222. The molecule has 148 valence electrons. The van der Waals surface area contributed by atoms with Crippen LogP contribution in [0, 0.1) is 21.7 Å². The monoisotopic (exact) mass is 392 g/mol. The first-order valence-corrected chi connectivity index (χ1v) is 8.35. The first-order valence-electron chi connectivity index (χ1n) is 8.35. The second-order valence-electron chi connectivity index (χ2n) is 5.68. The minimum atomic E-state index is -0.983. The van der Waals surface area contributed by atoms with Gasteiger partial charge in [-0.05, 0) is 18.2 Å². The van der Waals surface area contributed by atoms with Crippen molar-refractivity contribution < 1.29 is 23.3 Å². The smallest absolute Gasteiger partial charge is 0.292 e. The number of hydrogen-bond donors (Lipinski definition) is 3. The van der Waals surface area contributed by atoms with Gasteiger partial charge in [0.15, 0.2) is 0 Å². The van der Waals surface area contributed by atoms with Gasteiger partial charge in [-0.15, -0.1) is 0 Å². The number of benzene rings is 2. The first-order chi connectivity index (χ1) is 13.4. The second-order valence-corrected chi connectivity index (χ2v) is 5.68. The molecule has 0 heterocycles. The fourth-order valence-corrected chi connectivity index (χ4v) is 2.33. The summed E-state index contributed by atoms with van der Waals surface area (Å²) in [5.74, 6) is -2.88. The maximum Gasteiger partial charge on any atom is 0.292 e. The van der Waals surface area contributed by atoms with E-state index in [9.17, 15) is 28.5 Å². The molecule has 0 fully saturated rings. The molecule has 2 amide bonds. The van der Waals surface area contributed by atoms with E-state index in [1.54, 1.807) is 18.2 Å². The molecule has 0 aliphatic heterocycles. The molecule has 2 rings (SSSR count).